The Morgan fingerprint density at radius 1 is 1.13 bits per heavy atom. The number of hydrogen-bond donors (Lipinski definition) is 1. The lowest BCUT2D eigenvalue weighted by molar-refractivity contribution is 0.363. The maximum atomic E-state index is 4.62. The number of aryl methyl sites for hydroxylation is 1. The topological polar surface area (TPSA) is 47.7 Å². The van der Waals surface area contributed by atoms with Crippen LogP contribution in [0, 0.1) is 6.92 Å². The van der Waals surface area contributed by atoms with E-state index in [1.807, 2.05) is 40.0 Å². The molecule has 0 radical (unpaired) electrons. The highest BCUT2D eigenvalue weighted by molar-refractivity contribution is 5.30. The normalized spacial score (nSPS) is 13.9. The summed E-state index contributed by atoms with van der Waals surface area (Å²) in [6, 6.07) is 12.8. The molecule has 3 rings (SSSR count). The Labute approximate surface area is 136 Å². The zero-order valence-corrected chi connectivity index (χ0v) is 13.8. The van der Waals surface area contributed by atoms with Crippen LogP contribution in [0.5, 0.6) is 0 Å². The molecule has 0 aliphatic rings. The van der Waals surface area contributed by atoms with E-state index in [9.17, 15) is 0 Å². The van der Waals surface area contributed by atoms with Crippen molar-refractivity contribution in [1.29, 1.82) is 0 Å². The molecule has 2 aromatic heterocycles. The van der Waals surface area contributed by atoms with Gasteiger partial charge in [-0.2, -0.15) is 10.2 Å². The highest BCUT2D eigenvalue weighted by atomic mass is 15.3. The largest absolute Gasteiger partial charge is 0.306 e. The fourth-order valence-corrected chi connectivity index (χ4v) is 2.50. The van der Waals surface area contributed by atoms with Crippen molar-refractivity contribution in [1.82, 2.24) is 24.9 Å². The van der Waals surface area contributed by atoms with Crippen molar-refractivity contribution in [2.75, 3.05) is 0 Å². The van der Waals surface area contributed by atoms with Gasteiger partial charge >= 0.3 is 0 Å². The molecule has 23 heavy (non-hydrogen) atoms. The Balaban J connectivity index is 1.59. The van der Waals surface area contributed by atoms with Crippen LogP contribution < -0.4 is 5.32 Å². The summed E-state index contributed by atoms with van der Waals surface area (Å²) >= 11 is 0. The third-order valence-electron chi connectivity index (χ3n) is 4.14. The first-order valence-electron chi connectivity index (χ1n) is 7.97. The van der Waals surface area contributed by atoms with Crippen molar-refractivity contribution in [2.45, 2.75) is 39.4 Å². The van der Waals surface area contributed by atoms with Crippen molar-refractivity contribution >= 4 is 0 Å². The molecule has 0 saturated carbocycles. The summed E-state index contributed by atoms with van der Waals surface area (Å²) in [6.45, 7) is 7.15. The van der Waals surface area contributed by atoms with Crippen LogP contribution in [0.15, 0.2) is 55.0 Å². The van der Waals surface area contributed by atoms with E-state index in [-0.39, 0.29) is 0 Å². The van der Waals surface area contributed by atoms with E-state index in [2.05, 4.69) is 60.7 Å². The molecule has 0 amide bonds. The predicted octanol–water partition coefficient (Wildman–Crippen LogP) is 3.12. The fourth-order valence-electron chi connectivity index (χ4n) is 2.50. The van der Waals surface area contributed by atoms with Crippen LogP contribution in [-0.4, -0.2) is 25.6 Å². The molecule has 0 unspecified atom stereocenters. The Morgan fingerprint density at radius 2 is 1.91 bits per heavy atom. The van der Waals surface area contributed by atoms with Gasteiger partial charge in [-0.15, -0.1) is 0 Å². The highest BCUT2D eigenvalue weighted by Gasteiger charge is 2.14. The van der Waals surface area contributed by atoms with E-state index in [1.54, 1.807) is 0 Å². The van der Waals surface area contributed by atoms with Crippen molar-refractivity contribution in [3.63, 3.8) is 0 Å². The van der Waals surface area contributed by atoms with Crippen molar-refractivity contribution in [3.05, 3.63) is 66.2 Å². The Hall–Kier alpha value is -2.40. The number of rotatable bonds is 6. The minimum Gasteiger partial charge on any atom is -0.306 e. The van der Waals surface area contributed by atoms with Gasteiger partial charge in [0.15, 0.2) is 0 Å². The molecule has 5 nitrogen and oxygen atoms in total. The smallest absolute Gasteiger partial charge is 0.0766 e. The van der Waals surface area contributed by atoms with Gasteiger partial charge in [-0.1, -0.05) is 18.2 Å². The first kappa shape index (κ1) is 15.5. The molecule has 0 bridgehead atoms. The van der Waals surface area contributed by atoms with Crippen LogP contribution in [0.1, 0.15) is 31.1 Å². The standard InChI is InChI=1S/C18H23N5/c1-14-11-20-23(13-14)16(3)15(2)19-12-17-9-10-22(21-17)18-7-5-4-6-8-18/h4-11,13,15-16,19H,12H2,1-3H3/t15-,16-/m0/s1. The second kappa shape index (κ2) is 6.79. The summed E-state index contributed by atoms with van der Waals surface area (Å²) in [4.78, 5) is 0. The molecule has 0 spiro atoms. The minimum atomic E-state index is 0.292. The zero-order chi connectivity index (χ0) is 16.2. The van der Waals surface area contributed by atoms with Gasteiger partial charge in [0.2, 0.25) is 0 Å². The number of aromatic nitrogens is 4. The van der Waals surface area contributed by atoms with Crippen molar-refractivity contribution in [2.24, 2.45) is 0 Å². The van der Waals surface area contributed by atoms with E-state index >= 15 is 0 Å². The van der Waals surface area contributed by atoms with Crippen LogP contribution in [0.4, 0.5) is 0 Å². The Bertz CT molecular complexity index is 744. The van der Waals surface area contributed by atoms with Crippen molar-refractivity contribution in [3.8, 4) is 5.69 Å². The second-order valence-corrected chi connectivity index (χ2v) is 6.00. The van der Waals surface area contributed by atoms with Crippen LogP contribution in [0.2, 0.25) is 0 Å². The lowest BCUT2D eigenvalue weighted by Crippen LogP contribution is -2.33. The van der Waals surface area contributed by atoms with E-state index in [4.69, 9.17) is 0 Å². The minimum absolute atomic E-state index is 0.292. The third-order valence-corrected chi connectivity index (χ3v) is 4.14. The number of para-hydroxylation sites is 1. The predicted molar refractivity (Wildman–Crippen MR) is 91.5 cm³/mol. The van der Waals surface area contributed by atoms with Gasteiger partial charge in [-0.05, 0) is 44.5 Å². The van der Waals surface area contributed by atoms with Gasteiger partial charge in [0, 0.05) is 25.0 Å². The van der Waals surface area contributed by atoms with Crippen LogP contribution >= 0.6 is 0 Å². The zero-order valence-electron chi connectivity index (χ0n) is 13.8. The molecule has 0 aliphatic carbocycles. The Kier molecular flexibility index (Phi) is 4.57. The molecule has 0 fully saturated rings. The SMILES string of the molecule is Cc1cnn([C@@H](C)[C@H](C)NCc2ccn(-c3ccccc3)n2)c1. The van der Waals surface area contributed by atoms with Gasteiger partial charge < -0.3 is 5.32 Å². The molecule has 5 heteroatoms. The number of hydrogen-bond acceptors (Lipinski definition) is 3. The average Bonchev–Trinajstić information content (AvgIpc) is 3.22. The summed E-state index contributed by atoms with van der Waals surface area (Å²) in [5, 5.41) is 12.5. The summed E-state index contributed by atoms with van der Waals surface area (Å²) in [5.41, 5.74) is 3.29. The van der Waals surface area contributed by atoms with E-state index < -0.39 is 0 Å². The van der Waals surface area contributed by atoms with Crippen LogP contribution in [0.3, 0.4) is 0 Å². The van der Waals surface area contributed by atoms with Crippen molar-refractivity contribution < 1.29 is 0 Å². The first-order valence-corrected chi connectivity index (χ1v) is 7.97. The summed E-state index contributed by atoms with van der Waals surface area (Å²) in [6.07, 6.45) is 5.97. The lowest BCUT2D eigenvalue weighted by Gasteiger charge is -2.21. The maximum Gasteiger partial charge on any atom is 0.0766 e. The molecule has 2 heterocycles. The number of benzene rings is 1. The molecule has 120 valence electrons. The third kappa shape index (κ3) is 3.68. The molecule has 1 N–H and O–H groups in total. The average molecular weight is 309 g/mol. The first-order chi connectivity index (χ1) is 11.1. The van der Waals surface area contributed by atoms with Gasteiger partial charge in [0.25, 0.3) is 0 Å². The van der Waals surface area contributed by atoms with E-state index in [0.29, 0.717) is 12.1 Å². The summed E-state index contributed by atoms with van der Waals surface area (Å²) < 4.78 is 3.91. The molecule has 0 aliphatic heterocycles. The van der Waals surface area contributed by atoms with Gasteiger partial charge in [-0.3, -0.25) is 4.68 Å². The number of nitrogens with one attached hydrogen (secondary N) is 1. The van der Waals surface area contributed by atoms with E-state index in [0.717, 1.165) is 17.9 Å². The highest BCUT2D eigenvalue weighted by Crippen LogP contribution is 2.12. The molecule has 0 saturated heterocycles. The molecular weight excluding hydrogens is 286 g/mol. The summed E-state index contributed by atoms with van der Waals surface area (Å²) in [7, 11) is 0. The molecule has 3 aromatic rings. The molecular formula is C18H23N5. The van der Waals surface area contributed by atoms with Gasteiger partial charge in [0.05, 0.1) is 23.6 Å². The molecule has 1 aromatic carbocycles. The molecule has 2 atom stereocenters. The Morgan fingerprint density at radius 3 is 2.61 bits per heavy atom. The van der Waals surface area contributed by atoms with E-state index in [1.165, 1.54) is 5.56 Å². The maximum absolute atomic E-state index is 4.62. The second-order valence-electron chi connectivity index (χ2n) is 6.00. The van der Waals surface area contributed by atoms with Crippen LogP contribution in [-0.2, 0) is 6.54 Å². The van der Waals surface area contributed by atoms with Crippen LogP contribution in [0.25, 0.3) is 5.69 Å². The van der Waals surface area contributed by atoms with Gasteiger partial charge in [-0.25, -0.2) is 4.68 Å². The van der Waals surface area contributed by atoms with Gasteiger partial charge in [0.1, 0.15) is 0 Å². The quantitative estimate of drug-likeness (QED) is 0.761. The summed E-state index contributed by atoms with van der Waals surface area (Å²) in [5.74, 6) is 0. The number of nitrogens with zero attached hydrogens (tertiary/aromatic N) is 4. The monoisotopic (exact) mass is 309 g/mol. The lowest BCUT2D eigenvalue weighted by atomic mass is 10.1. The fraction of sp³-hybridized carbons (Fsp3) is 0.333.